The summed E-state index contributed by atoms with van der Waals surface area (Å²) in [5, 5.41) is 7.85. The Morgan fingerprint density at radius 2 is 2.26 bits per heavy atom. The third-order valence-electron chi connectivity index (χ3n) is 4.83. The predicted octanol–water partition coefficient (Wildman–Crippen LogP) is 3.23. The van der Waals surface area contributed by atoms with Crippen LogP contribution in [0.25, 0.3) is 20.5 Å². The molecular weight excluding hydrogens is 360 g/mol. The average Bonchev–Trinajstić information content (AvgIpc) is 3.14. The Morgan fingerprint density at radius 3 is 3.00 bits per heavy atom. The van der Waals surface area contributed by atoms with Crippen molar-refractivity contribution in [2.75, 3.05) is 25.5 Å². The summed E-state index contributed by atoms with van der Waals surface area (Å²) in [6.07, 6.45) is 3.80. The molecule has 1 amide bonds. The minimum atomic E-state index is -0.466. The molecule has 1 fully saturated rings. The number of carbonyl (C=O) groups is 1. The van der Waals surface area contributed by atoms with Crippen LogP contribution in [-0.2, 0) is 0 Å². The zero-order valence-electron chi connectivity index (χ0n) is 15.1. The fraction of sp³-hybridized carbons (Fsp3) is 0.300. The second-order valence-electron chi connectivity index (χ2n) is 6.63. The molecule has 7 heteroatoms. The van der Waals surface area contributed by atoms with Gasteiger partial charge in [0.25, 0.3) is 5.91 Å². The molecule has 1 aliphatic rings. The molecule has 140 valence electrons. The molecule has 3 heterocycles. The van der Waals surface area contributed by atoms with E-state index in [0.717, 1.165) is 58.0 Å². The van der Waals surface area contributed by atoms with Crippen LogP contribution in [-0.4, -0.2) is 37.1 Å². The van der Waals surface area contributed by atoms with Crippen molar-refractivity contribution in [1.82, 2.24) is 10.3 Å². The lowest BCUT2D eigenvalue weighted by Crippen LogP contribution is -2.38. The molecule has 1 aliphatic heterocycles. The normalized spacial score (nSPS) is 17.0. The molecule has 0 aliphatic carbocycles. The van der Waals surface area contributed by atoms with Gasteiger partial charge in [-0.05, 0) is 37.6 Å². The standard InChI is InChI=1S/C20H22N4O2S/c1-26-16-7-3-2-6-13(16)17-9-14-18(27-17)15(19(21)25)11-23-20(14)24-12-5-4-8-22-10-12/h2-3,6-7,9,11-12,22H,4-5,8,10H2,1H3,(H2,21,25)(H,23,24)/t12-/m0/s1. The molecule has 0 unspecified atom stereocenters. The number of benzene rings is 1. The SMILES string of the molecule is COc1ccccc1-c1cc2c(N[C@H]3CCCNC3)ncc(C(N)=O)c2s1. The number of nitrogens with one attached hydrogen (secondary N) is 2. The molecule has 4 N–H and O–H groups in total. The van der Waals surface area contributed by atoms with E-state index in [2.05, 4.69) is 21.7 Å². The molecule has 6 nitrogen and oxygen atoms in total. The summed E-state index contributed by atoms with van der Waals surface area (Å²) in [6.45, 7) is 1.96. The second-order valence-corrected chi connectivity index (χ2v) is 7.68. The van der Waals surface area contributed by atoms with Crippen LogP contribution >= 0.6 is 11.3 Å². The number of aromatic nitrogens is 1. The smallest absolute Gasteiger partial charge is 0.251 e. The highest BCUT2D eigenvalue weighted by Crippen LogP contribution is 2.41. The maximum Gasteiger partial charge on any atom is 0.251 e. The first-order valence-corrected chi connectivity index (χ1v) is 9.82. The maximum absolute atomic E-state index is 11.9. The minimum absolute atomic E-state index is 0.323. The van der Waals surface area contributed by atoms with Gasteiger partial charge >= 0.3 is 0 Å². The number of anilines is 1. The van der Waals surface area contributed by atoms with Crippen LogP contribution in [0.15, 0.2) is 36.5 Å². The highest BCUT2D eigenvalue weighted by Gasteiger charge is 2.20. The largest absolute Gasteiger partial charge is 0.496 e. The lowest BCUT2D eigenvalue weighted by molar-refractivity contribution is 0.100. The maximum atomic E-state index is 11.9. The molecule has 0 radical (unpaired) electrons. The van der Waals surface area contributed by atoms with Crippen molar-refractivity contribution in [3.05, 3.63) is 42.1 Å². The van der Waals surface area contributed by atoms with Crippen molar-refractivity contribution < 1.29 is 9.53 Å². The summed E-state index contributed by atoms with van der Waals surface area (Å²) in [5.74, 6) is 1.12. The summed E-state index contributed by atoms with van der Waals surface area (Å²) < 4.78 is 6.35. The van der Waals surface area contributed by atoms with Gasteiger partial charge in [0.05, 0.1) is 17.4 Å². The van der Waals surface area contributed by atoms with Crippen LogP contribution in [0, 0.1) is 0 Å². The first-order chi connectivity index (χ1) is 13.2. The lowest BCUT2D eigenvalue weighted by atomic mass is 10.1. The van der Waals surface area contributed by atoms with Gasteiger partial charge in [-0.1, -0.05) is 12.1 Å². The van der Waals surface area contributed by atoms with E-state index in [-0.39, 0.29) is 0 Å². The van der Waals surface area contributed by atoms with E-state index >= 15 is 0 Å². The van der Waals surface area contributed by atoms with Crippen molar-refractivity contribution in [2.24, 2.45) is 5.73 Å². The number of nitrogens with zero attached hydrogens (tertiary/aromatic N) is 1. The fourth-order valence-electron chi connectivity index (χ4n) is 3.46. The molecule has 0 spiro atoms. The van der Waals surface area contributed by atoms with Crippen molar-refractivity contribution in [3.63, 3.8) is 0 Å². The molecular formula is C20H22N4O2S. The number of methoxy groups -OCH3 is 1. The summed E-state index contributed by atoms with van der Waals surface area (Å²) in [7, 11) is 1.66. The van der Waals surface area contributed by atoms with Gasteiger partial charge in [-0.3, -0.25) is 4.79 Å². The van der Waals surface area contributed by atoms with Crippen LogP contribution in [0.2, 0.25) is 0 Å². The number of thiophene rings is 1. The van der Waals surface area contributed by atoms with Gasteiger partial charge in [0.15, 0.2) is 0 Å². The number of primary amides is 1. The van der Waals surface area contributed by atoms with Gasteiger partial charge in [0, 0.05) is 34.6 Å². The van der Waals surface area contributed by atoms with Gasteiger partial charge in [-0.15, -0.1) is 11.3 Å². The molecule has 27 heavy (non-hydrogen) atoms. The van der Waals surface area contributed by atoms with E-state index in [0.29, 0.717) is 11.6 Å². The Morgan fingerprint density at radius 1 is 1.41 bits per heavy atom. The summed E-state index contributed by atoms with van der Waals surface area (Å²) in [4.78, 5) is 17.4. The highest BCUT2D eigenvalue weighted by atomic mass is 32.1. The van der Waals surface area contributed by atoms with E-state index < -0.39 is 5.91 Å². The number of hydrogen-bond donors (Lipinski definition) is 3. The Kier molecular flexibility index (Phi) is 4.96. The number of ether oxygens (including phenoxy) is 1. The van der Waals surface area contributed by atoms with Gasteiger partial charge in [0.2, 0.25) is 0 Å². The van der Waals surface area contributed by atoms with Gasteiger partial charge in [-0.25, -0.2) is 4.98 Å². The van der Waals surface area contributed by atoms with E-state index in [1.54, 1.807) is 13.3 Å². The molecule has 1 aromatic carbocycles. The Balaban J connectivity index is 1.82. The first-order valence-electron chi connectivity index (χ1n) is 9.00. The zero-order chi connectivity index (χ0) is 18.8. The number of para-hydroxylation sites is 1. The van der Waals surface area contributed by atoms with Crippen molar-refractivity contribution in [3.8, 4) is 16.2 Å². The van der Waals surface area contributed by atoms with Crippen LogP contribution in [0.1, 0.15) is 23.2 Å². The summed E-state index contributed by atoms with van der Waals surface area (Å²) in [6, 6.07) is 10.2. The number of fused-ring (bicyclic) bond motifs is 1. The Bertz CT molecular complexity index is 979. The van der Waals surface area contributed by atoms with Gasteiger partial charge in [0.1, 0.15) is 11.6 Å². The molecule has 1 atom stereocenters. The van der Waals surface area contributed by atoms with Crippen LogP contribution in [0.3, 0.4) is 0 Å². The lowest BCUT2D eigenvalue weighted by Gasteiger charge is -2.24. The first kappa shape index (κ1) is 17.8. The van der Waals surface area contributed by atoms with E-state index in [4.69, 9.17) is 10.5 Å². The Labute approximate surface area is 161 Å². The van der Waals surface area contributed by atoms with Crippen molar-refractivity contribution >= 4 is 33.1 Å². The number of pyridine rings is 1. The number of amides is 1. The molecule has 0 bridgehead atoms. The zero-order valence-corrected chi connectivity index (χ0v) is 15.9. The third-order valence-corrected chi connectivity index (χ3v) is 6.03. The number of rotatable bonds is 5. The van der Waals surface area contributed by atoms with Crippen LogP contribution in [0.4, 0.5) is 5.82 Å². The molecule has 2 aromatic heterocycles. The summed E-state index contributed by atoms with van der Waals surface area (Å²) in [5.41, 5.74) is 7.03. The second kappa shape index (κ2) is 7.54. The monoisotopic (exact) mass is 382 g/mol. The summed E-state index contributed by atoms with van der Waals surface area (Å²) >= 11 is 1.53. The van der Waals surface area contributed by atoms with E-state index in [1.165, 1.54) is 11.3 Å². The van der Waals surface area contributed by atoms with Gasteiger partial charge < -0.3 is 21.1 Å². The number of piperidine rings is 1. The number of nitrogens with two attached hydrogens (primary N) is 1. The van der Waals surface area contributed by atoms with Crippen LogP contribution in [0.5, 0.6) is 5.75 Å². The third kappa shape index (κ3) is 3.48. The fourth-order valence-corrected chi connectivity index (χ4v) is 4.67. The highest BCUT2D eigenvalue weighted by molar-refractivity contribution is 7.22. The minimum Gasteiger partial charge on any atom is -0.496 e. The van der Waals surface area contributed by atoms with E-state index in [9.17, 15) is 4.79 Å². The molecule has 4 rings (SSSR count). The van der Waals surface area contributed by atoms with Gasteiger partial charge in [-0.2, -0.15) is 0 Å². The van der Waals surface area contributed by atoms with Crippen molar-refractivity contribution in [1.29, 1.82) is 0 Å². The van der Waals surface area contributed by atoms with E-state index in [1.807, 2.05) is 24.3 Å². The number of carbonyl (C=O) groups excluding carboxylic acids is 1. The molecule has 0 saturated carbocycles. The molecule has 3 aromatic rings. The quantitative estimate of drug-likeness (QED) is 0.630. The predicted molar refractivity (Wildman–Crippen MR) is 110 cm³/mol. The van der Waals surface area contributed by atoms with Crippen LogP contribution < -0.4 is 21.1 Å². The topological polar surface area (TPSA) is 89.3 Å². The van der Waals surface area contributed by atoms with Crippen molar-refractivity contribution in [2.45, 2.75) is 18.9 Å². The number of hydrogen-bond acceptors (Lipinski definition) is 6. The average molecular weight is 382 g/mol. The molecule has 1 saturated heterocycles. The Hall–Kier alpha value is -2.64.